The van der Waals surface area contributed by atoms with E-state index < -0.39 is 0 Å². The molecule has 0 saturated carbocycles. The molecule has 1 aromatic carbocycles. The van der Waals surface area contributed by atoms with Gasteiger partial charge in [-0.2, -0.15) is 0 Å². The van der Waals surface area contributed by atoms with Gasteiger partial charge in [-0.3, -0.25) is 0 Å². The maximum absolute atomic E-state index is 2.24. The Morgan fingerprint density at radius 2 is 1.32 bits per heavy atom. The van der Waals surface area contributed by atoms with Crippen LogP contribution < -0.4 is 12.4 Å². The van der Waals surface area contributed by atoms with Crippen molar-refractivity contribution in [1.29, 1.82) is 0 Å². The minimum Gasteiger partial charge on any atom is -1.00 e. The van der Waals surface area contributed by atoms with Crippen molar-refractivity contribution >= 4 is 0 Å². The SMILES string of the molecule is C1=CCC([C-](C2=CC=CC2)c2ccccc2)=C1.[Cl-].[Ti+2]. The van der Waals surface area contributed by atoms with Crippen LogP contribution in [0.5, 0.6) is 0 Å². The van der Waals surface area contributed by atoms with Crippen molar-refractivity contribution in [3.63, 3.8) is 0 Å². The second-order valence-corrected chi connectivity index (χ2v) is 4.39. The van der Waals surface area contributed by atoms with E-state index in [-0.39, 0.29) is 34.1 Å². The van der Waals surface area contributed by atoms with Gasteiger partial charge < -0.3 is 12.4 Å². The fourth-order valence-corrected chi connectivity index (χ4v) is 2.45. The summed E-state index contributed by atoms with van der Waals surface area (Å²) in [7, 11) is 0. The summed E-state index contributed by atoms with van der Waals surface area (Å²) < 4.78 is 0. The van der Waals surface area contributed by atoms with Crippen LogP contribution in [-0.2, 0) is 21.7 Å². The summed E-state index contributed by atoms with van der Waals surface area (Å²) in [5.74, 6) is 1.42. The minimum atomic E-state index is 0. The number of halogens is 1. The first kappa shape index (κ1) is 16.1. The average Bonchev–Trinajstić information content (AvgIpc) is 3.04. The van der Waals surface area contributed by atoms with Gasteiger partial charge in [-0.25, -0.2) is 0 Å². The Balaban J connectivity index is 0.000000902. The molecule has 2 aliphatic rings. The van der Waals surface area contributed by atoms with Gasteiger partial charge in [-0.05, 0) is 12.8 Å². The molecule has 0 atom stereocenters. The van der Waals surface area contributed by atoms with Crippen molar-refractivity contribution < 1.29 is 34.1 Å². The third-order valence-electron chi connectivity index (χ3n) is 3.25. The minimum absolute atomic E-state index is 0. The molecular formula is C17H15ClTi. The second-order valence-electron chi connectivity index (χ2n) is 4.39. The van der Waals surface area contributed by atoms with E-state index in [1.165, 1.54) is 22.6 Å². The molecular weight excluding hydrogens is 288 g/mol. The molecule has 0 aromatic heterocycles. The molecule has 0 nitrogen and oxygen atoms in total. The van der Waals surface area contributed by atoms with Gasteiger partial charge in [0.15, 0.2) is 0 Å². The second kappa shape index (κ2) is 7.60. The molecule has 0 spiro atoms. The molecule has 0 heterocycles. The van der Waals surface area contributed by atoms with Gasteiger partial charge in [0.05, 0.1) is 0 Å². The van der Waals surface area contributed by atoms with Crippen molar-refractivity contribution in [1.82, 2.24) is 0 Å². The first-order chi connectivity index (χ1) is 8.45. The first-order valence-electron chi connectivity index (χ1n) is 6.09. The molecule has 19 heavy (non-hydrogen) atoms. The van der Waals surface area contributed by atoms with Crippen molar-refractivity contribution in [2.75, 3.05) is 0 Å². The summed E-state index contributed by atoms with van der Waals surface area (Å²) in [5.41, 5.74) is 4.20. The van der Waals surface area contributed by atoms with Crippen LogP contribution in [0, 0.1) is 5.92 Å². The van der Waals surface area contributed by atoms with Crippen LogP contribution in [0.1, 0.15) is 18.4 Å². The molecule has 0 fully saturated rings. The Morgan fingerprint density at radius 3 is 1.74 bits per heavy atom. The fraction of sp³-hybridized carbons (Fsp3) is 0.118. The van der Waals surface area contributed by atoms with Crippen LogP contribution in [0.2, 0.25) is 0 Å². The first-order valence-corrected chi connectivity index (χ1v) is 6.09. The van der Waals surface area contributed by atoms with Gasteiger partial charge in [0, 0.05) is 0 Å². The molecule has 0 bridgehead atoms. The van der Waals surface area contributed by atoms with Gasteiger partial charge >= 0.3 is 21.7 Å². The Hall–Kier alpha value is -0.946. The maximum Gasteiger partial charge on any atom is 2.00 e. The molecule has 3 rings (SSSR count). The Labute approximate surface area is 136 Å². The largest absolute Gasteiger partial charge is 2.00 e. The number of hydrogen-bond donors (Lipinski definition) is 0. The Kier molecular flexibility index (Phi) is 6.44. The normalized spacial score (nSPS) is 15.4. The quantitative estimate of drug-likeness (QED) is 0.585. The summed E-state index contributed by atoms with van der Waals surface area (Å²) in [6.45, 7) is 0. The van der Waals surface area contributed by atoms with Crippen molar-refractivity contribution in [2.24, 2.45) is 0 Å². The molecule has 1 aromatic rings. The van der Waals surface area contributed by atoms with Crippen molar-refractivity contribution in [2.45, 2.75) is 12.8 Å². The topological polar surface area (TPSA) is 0 Å². The molecule has 0 saturated heterocycles. The predicted molar refractivity (Wildman–Crippen MR) is 72.5 cm³/mol. The Bertz CT molecular complexity index is 493. The number of rotatable bonds is 3. The summed E-state index contributed by atoms with van der Waals surface area (Å²) in [5, 5.41) is 0. The van der Waals surface area contributed by atoms with E-state index in [2.05, 4.69) is 66.8 Å². The van der Waals surface area contributed by atoms with Gasteiger partial charge in [-0.1, -0.05) is 48.4 Å². The van der Waals surface area contributed by atoms with Gasteiger partial charge in [0.1, 0.15) is 0 Å². The zero-order chi connectivity index (χ0) is 11.5. The standard InChI is InChI=1S/C17H15.ClH.Ti/c1-2-8-14(9-3-1)17(15-10-4-5-11-15)16-12-6-7-13-16;;/h1-10,12H,11,13H2;1H;/q-1;;+2/p-1. The van der Waals surface area contributed by atoms with Crippen molar-refractivity contribution in [3.05, 3.63) is 89.4 Å². The summed E-state index contributed by atoms with van der Waals surface area (Å²) >= 11 is 0. The Morgan fingerprint density at radius 1 is 0.789 bits per heavy atom. The molecule has 94 valence electrons. The van der Waals surface area contributed by atoms with E-state index in [1.807, 2.05) is 0 Å². The number of hydrogen-bond acceptors (Lipinski definition) is 0. The summed E-state index contributed by atoms with van der Waals surface area (Å²) in [4.78, 5) is 0. The fourth-order valence-electron chi connectivity index (χ4n) is 2.45. The van der Waals surface area contributed by atoms with E-state index in [1.54, 1.807) is 0 Å². The average molecular weight is 303 g/mol. The van der Waals surface area contributed by atoms with E-state index in [0.717, 1.165) is 12.8 Å². The molecule has 0 unspecified atom stereocenters. The van der Waals surface area contributed by atoms with Gasteiger partial charge in [0.25, 0.3) is 0 Å². The molecule has 0 aliphatic heterocycles. The summed E-state index contributed by atoms with van der Waals surface area (Å²) in [6, 6.07) is 10.7. The van der Waals surface area contributed by atoms with Gasteiger partial charge in [0.2, 0.25) is 0 Å². The number of allylic oxidation sites excluding steroid dienone is 8. The van der Waals surface area contributed by atoms with E-state index >= 15 is 0 Å². The monoisotopic (exact) mass is 302 g/mol. The third-order valence-corrected chi connectivity index (χ3v) is 3.25. The van der Waals surface area contributed by atoms with E-state index in [0.29, 0.717) is 0 Å². The molecule has 2 heteroatoms. The smallest absolute Gasteiger partial charge is 1.00 e. The van der Waals surface area contributed by atoms with Crippen LogP contribution in [0.15, 0.2) is 77.9 Å². The van der Waals surface area contributed by atoms with E-state index in [4.69, 9.17) is 0 Å². The molecule has 2 aliphatic carbocycles. The predicted octanol–water partition coefficient (Wildman–Crippen LogP) is 1.38. The van der Waals surface area contributed by atoms with Crippen LogP contribution in [0.4, 0.5) is 0 Å². The third kappa shape index (κ3) is 3.54. The number of benzene rings is 1. The molecule has 0 amide bonds. The zero-order valence-electron chi connectivity index (χ0n) is 10.6. The zero-order valence-corrected chi connectivity index (χ0v) is 13.0. The van der Waals surface area contributed by atoms with Crippen LogP contribution in [0.3, 0.4) is 0 Å². The summed E-state index contributed by atoms with van der Waals surface area (Å²) in [6.07, 6.45) is 15.3. The van der Waals surface area contributed by atoms with E-state index in [9.17, 15) is 0 Å². The maximum atomic E-state index is 2.24. The molecule has 0 radical (unpaired) electrons. The van der Waals surface area contributed by atoms with Crippen LogP contribution >= 0.6 is 0 Å². The van der Waals surface area contributed by atoms with Crippen LogP contribution in [0.25, 0.3) is 0 Å². The van der Waals surface area contributed by atoms with Crippen molar-refractivity contribution in [3.8, 4) is 0 Å². The van der Waals surface area contributed by atoms with Gasteiger partial charge in [-0.15, -0.1) is 41.0 Å². The van der Waals surface area contributed by atoms with Crippen LogP contribution in [-0.4, -0.2) is 0 Å². The molecule has 0 N–H and O–H groups in total.